The van der Waals surface area contributed by atoms with Crippen LogP contribution in [0.3, 0.4) is 0 Å². The molecule has 1 unspecified atom stereocenters. The van der Waals surface area contributed by atoms with Gasteiger partial charge >= 0.3 is 17.9 Å². The second-order valence-electron chi connectivity index (χ2n) is 16.7. The molecule has 1 atom stereocenters. The van der Waals surface area contributed by atoms with E-state index in [1.165, 1.54) is 57.8 Å². The summed E-state index contributed by atoms with van der Waals surface area (Å²) in [6.45, 7) is 6.27. The number of ether oxygens (including phenoxy) is 3. The van der Waals surface area contributed by atoms with Crippen molar-refractivity contribution in [2.24, 2.45) is 0 Å². The Hall–Kier alpha value is -4.45. The molecule has 0 aliphatic carbocycles. The summed E-state index contributed by atoms with van der Waals surface area (Å²) in [7, 11) is 0. The van der Waals surface area contributed by atoms with Gasteiger partial charge in [0, 0.05) is 19.3 Å². The molecule has 0 aliphatic heterocycles. The highest BCUT2D eigenvalue weighted by Gasteiger charge is 2.19. The molecule has 0 heterocycles. The molecule has 0 rings (SSSR count). The smallest absolute Gasteiger partial charge is 0.306 e. The van der Waals surface area contributed by atoms with Crippen LogP contribution in [0.25, 0.3) is 0 Å². The first-order valence-electron chi connectivity index (χ1n) is 26.2. The first-order chi connectivity index (χ1) is 32.5. The van der Waals surface area contributed by atoms with E-state index in [1.807, 2.05) is 12.2 Å². The molecule has 0 bridgehead atoms. The van der Waals surface area contributed by atoms with E-state index in [0.29, 0.717) is 19.3 Å². The summed E-state index contributed by atoms with van der Waals surface area (Å²) in [5, 5.41) is 0. The van der Waals surface area contributed by atoms with E-state index in [2.05, 4.69) is 142 Å². The van der Waals surface area contributed by atoms with Gasteiger partial charge in [0.1, 0.15) is 13.2 Å². The predicted molar refractivity (Wildman–Crippen MR) is 283 cm³/mol. The first-order valence-corrected chi connectivity index (χ1v) is 26.2. The van der Waals surface area contributed by atoms with Gasteiger partial charge in [0.05, 0.1) is 0 Å². The van der Waals surface area contributed by atoms with E-state index < -0.39 is 12.1 Å². The average Bonchev–Trinajstić information content (AvgIpc) is 3.31. The van der Waals surface area contributed by atoms with Crippen LogP contribution in [0.5, 0.6) is 0 Å². The van der Waals surface area contributed by atoms with Crippen LogP contribution >= 0.6 is 0 Å². The summed E-state index contributed by atoms with van der Waals surface area (Å²) < 4.78 is 16.7. The van der Waals surface area contributed by atoms with Gasteiger partial charge in [0.15, 0.2) is 6.10 Å². The van der Waals surface area contributed by atoms with E-state index in [1.54, 1.807) is 0 Å². The Morgan fingerprint density at radius 2 is 0.621 bits per heavy atom. The lowest BCUT2D eigenvalue weighted by Gasteiger charge is -2.18. The minimum Gasteiger partial charge on any atom is -0.462 e. The third-order valence-electron chi connectivity index (χ3n) is 10.4. The summed E-state index contributed by atoms with van der Waals surface area (Å²) in [5.74, 6) is -1.08. The molecule has 0 spiro atoms. The van der Waals surface area contributed by atoms with Crippen molar-refractivity contribution in [3.8, 4) is 0 Å². The Labute approximate surface area is 405 Å². The Balaban J connectivity index is 4.53. The molecular formula is C60H94O6. The number of hydrogen-bond donors (Lipinski definition) is 0. The van der Waals surface area contributed by atoms with Gasteiger partial charge in [0.25, 0.3) is 0 Å². The van der Waals surface area contributed by atoms with Crippen molar-refractivity contribution in [2.45, 2.75) is 213 Å². The molecule has 0 radical (unpaired) electrons. The van der Waals surface area contributed by atoms with Crippen molar-refractivity contribution in [3.05, 3.63) is 134 Å². The second-order valence-corrected chi connectivity index (χ2v) is 16.7. The molecule has 0 saturated heterocycles. The maximum absolute atomic E-state index is 12.7. The molecule has 0 aromatic rings. The highest BCUT2D eigenvalue weighted by molar-refractivity contribution is 5.71. The molecule has 0 aromatic heterocycles. The van der Waals surface area contributed by atoms with E-state index >= 15 is 0 Å². The quantitative estimate of drug-likeness (QED) is 0.0262. The largest absolute Gasteiger partial charge is 0.462 e. The number of rotatable bonds is 45. The Morgan fingerprint density at radius 1 is 0.318 bits per heavy atom. The zero-order chi connectivity index (χ0) is 47.9. The highest BCUT2D eigenvalue weighted by Crippen LogP contribution is 2.13. The lowest BCUT2D eigenvalue weighted by Crippen LogP contribution is -2.30. The van der Waals surface area contributed by atoms with E-state index in [4.69, 9.17) is 14.2 Å². The fourth-order valence-corrected chi connectivity index (χ4v) is 6.56. The number of hydrogen-bond acceptors (Lipinski definition) is 6. The third kappa shape index (κ3) is 50.5. The Bertz CT molecular complexity index is 1460. The van der Waals surface area contributed by atoms with Crippen LogP contribution in [-0.2, 0) is 28.6 Å². The normalized spacial score (nSPS) is 13.2. The predicted octanol–water partition coefficient (Wildman–Crippen LogP) is 17.5. The van der Waals surface area contributed by atoms with E-state index in [0.717, 1.165) is 96.3 Å². The van der Waals surface area contributed by atoms with Crippen molar-refractivity contribution >= 4 is 17.9 Å². The van der Waals surface area contributed by atoms with Gasteiger partial charge in [-0.3, -0.25) is 14.4 Å². The molecule has 0 aliphatic rings. The van der Waals surface area contributed by atoms with E-state index in [-0.39, 0.29) is 38.0 Å². The van der Waals surface area contributed by atoms with Gasteiger partial charge < -0.3 is 14.2 Å². The molecule has 370 valence electrons. The Kier molecular flexibility index (Phi) is 49.6. The zero-order valence-electron chi connectivity index (χ0n) is 42.1. The molecule has 0 N–H and O–H groups in total. The number of esters is 3. The molecule has 0 amide bonds. The number of allylic oxidation sites excluding steroid dienone is 22. The topological polar surface area (TPSA) is 78.9 Å². The van der Waals surface area contributed by atoms with Crippen molar-refractivity contribution in [3.63, 3.8) is 0 Å². The minimum absolute atomic E-state index is 0.128. The monoisotopic (exact) mass is 911 g/mol. The molecule has 0 fully saturated rings. The van der Waals surface area contributed by atoms with E-state index in [9.17, 15) is 14.4 Å². The standard InChI is InChI=1S/C60H94O6/c1-4-7-10-13-16-19-22-25-26-27-28-29-30-31-32-33-34-36-38-41-44-47-50-53-59(62)65-56-57(55-64-58(61)52-49-46-43-40-37-24-21-18-15-12-9-6-3)66-60(63)54-51-48-45-42-39-35-23-20-17-14-11-8-5-2/h7-8,10-11,16-17,19-20,25-26,28-29,31-32,34-36,39,41,44-45,48,57H,4-6,9,12-15,18,21-24,27,30,33,37-38,40,42-43,46-47,49-56H2,1-3H3/b10-7-,11-8-,19-16-,20-17-,26-25-,29-28-,32-31-,36-34-,39-35-,44-41-,48-45-. The van der Waals surface area contributed by atoms with Crippen molar-refractivity contribution in [2.75, 3.05) is 13.2 Å². The van der Waals surface area contributed by atoms with Crippen LogP contribution < -0.4 is 0 Å². The SMILES string of the molecule is CC/C=C\C/C=C\C/C=C\C/C=C\C/C=C\C/C=C\C/C=C\CCCC(=O)OCC(COC(=O)CCCCCCCCCCCCCC)OC(=O)CC/C=C\C/C=C\C/C=C\C/C=C\CC. The maximum atomic E-state index is 12.7. The molecular weight excluding hydrogens is 817 g/mol. The van der Waals surface area contributed by atoms with Gasteiger partial charge in [-0.1, -0.05) is 225 Å². The fraction of sp³-hybridized carbons (Fsp3) is 0.583. The average molecular weight is 911 g/mol. The Morgan fingerprint density at radius 3 is 0.985 bits per heavy atom. The van der Waals surface area contributed by atoms with Gasteiger partial charge in [-0.15, -0.1) is 0 Å². The second kappa shape index (κ2) is 53.2. The zero-order valence-corrected chi connectivity index (χ0v) is 42.1. The maximum Gasteiger partial charge on any atom is 0.306 e. The van der Waals surface area contributed by atoms with Gasteiger partial charge in [0.2, 0.25) is 0 Å². The number of carbonyl (C=O) groups is 3. The molecule has 0 saturated carbocycles. The number of unbranched alkanes of at least 4 members (excludes halogenated alkanes) is 12. The van der Waals surface area contributed by atoms with Crippen LogP contribution in [0.4, 0.5) is 0 Å². The summed E-state index contributed by atoms with van der Waals surface area (Å²) in [6.07, 6.45) is 74.6. The third-order valence-corrected chi connectivity index (χ3v) is 10.4. The number of carbonyl (C=O) groups excluding carboxylic acids is 3. The molecule has 6 heteroatoms. The summed E-state index contributed by atoms with van der Waals surface area (Å²) in [6, 6.07) is 0. The van der Waals surface area contributed by atoms with Crippen molar-refractivity contribution < 1.29 is 28.6 Å². The molecule has 0 aromatic carbocycles. The van der Waals surface area contributed by atoms with Crippen LogP contribution in [-0.4, -0.2) is 37.2 Å². The highest BCUT2D eigenvalue weighted by atomic mass is 16.6. The lowest BCUT2D eigenvalue weighted by molar-refractivity contribution is -0.166. The summed E-state index contributed by atoms with van der Waals surface area (Å²) >= 11 is 0. The minimum atomic E-state index is -0.842. The summed E-state index contributed by atoms with van der Waals surface area (Å²) in [5.41, 5.74) is 0. The molecule has 66 heavy (non-hydrogen) atoms. The lowest BCUT2D eigenvalue weighted by atomic mass is 10.0. The van der Waals surface area contributed by atoms with Crippen molar-refractivity contribution in [1.82, 2.24) is 0 Å². The van der Waals surface area contributed by atoms with Crippen LogP contribution in [0.15, 0.2) is 134 Å². The van der Waals surface area contributed by atoms with Gasteiger partial charge in [-0.2, -0.15) is 0 Å². The summed E-state index contributed by atoms with van der Waals surface area (Å²) in [4.78, 5) is 37.9. The van der Waals surface area contributed by atoms with Gasteiger partial charge in [-0.25, -0.2) is 0 Å². The van der Waals surface area contributed by atoms with Crippen molar-refractivity contribution in [1.29, 1.82) is 0 Å². The first kappa shape index (κ1) is 61.5. The molecule has 6 nitrogen and oxygen atoms in total. The van der Waals surface area contributed by atoms with Crippen LogP contribution in [0.1, 0.15) is 207 Å². The van der Waals surface area contributed by atoms with Gasteiger partial charge in [-0.05, 0) is 96.3 Å². The van der Waals surface area contributed by atoms with Crippen LogP contribution in [0, 0.1) is 0 Å². The van der Waals surface area contributed by atoms with Crippen LogP contribution in [0.2, 0.25) is 0 Å². The fourth-order valence-electron chi connectivity index (χ4n) is 6.56.